The molecule has 0 aromatic heterocycles. The van der Waals surface area contributed by atoms with E-state index >= 15 is 0 Å². The second kappa shape index (κ2) is 35.3. The van der Waals surface area contributed by atoms with Crippen molar-refractivity contribution in [1.82, 2.24) is 0 Å². The average Bonchev–Trinajstić information content (AvgIpc) is 1.62. The SMILES string of the molecule is O=P(O)(O)O.O=P(O)(O)O.O=P(O)(O)O.O=P(O)(O)O.[KH].[KH].[KH].[KH].[KH].[KH]. The number of rotatable bonds is 0. The molecule has 26 heteroatoms. The van der Waals surface area contributed by atoms with Crippen molar-refractivity contribution in [1.29, 1.82) is 0 Å². The third kappa shape index (κ3) is 360. The van der Waals surface area contributed by atoms with Gasteiger partial charge in [0.05, 0.1) is 0 Å². The zero-order chi connectivity index (χ0) is 18.0. The molecule has 0 aliphatic heterocycles. The summed E-state index contributed by atoms with van der Waals surface area (Å²) in [6.07, 6.45) is 0. The van der Waals surface area contributed by atoms with Crippen LogP contribution in [0, 0.1) is 0 Å². The summed E-state index contributed by atoms with van der Waals surface area (Å²) in [5, 5.41) is 0. The van der Waals surface area contributed by atoms with Crippen molar-refractivity contribution >= 4 is 340 Å². The molecule has 0 fully saturated rings. The molecule has 0 bridgehead atoms. The van der Waals surface area contributed by atoms with E-state index in [1.54, 1.807) is 0 Å². The summed E-state index contributed by atoms with van der Waals surface area (Å²) in [7, 11) is -18.6. The van der Waals surface area contributed by atoms with Crippen LogP contribution in [0.5, 0.6) is 0 Å². The summed E-state index contributed by atoms with van der Waals surface area (Å²) < 4.78 is 35.5. The van der Waals surface area contributed by atoms with Gasteiger partial charge < -0.3 is 58.7 Å². The third-order valence-corrected chi connectivity index (χ3v) is 0. The van der Waals surface area contributed by atoms with Gasteiger partial charge >= 0.3 is 340 Å². The number of hydrogen-bond donors (Lipinski definition) is 12. The Kier molecular flexibility index (Phi) is 88.7. The second-order valence-corrected chi connectivity index (χ2v) is 6.16. The standard InChI is InChI=1S/6K.4H3O4P.6H/c;;;;;;4*1-5(2,3)4;;;;;;/h;;;;;;4*(H3,1,2,3,4);;;;;;. The molecule has 0 spiro atoms. The van der Waals surface area contributed by atoms with Gasteiger partial charge in [0.2, 0.25) is 0 Å². The van der Waals surface area contributed by atoms with Gasteiger partial charge in [0.25, 0.3) is 0 Å². The van der Waals surface area contributed by atoms with Gasteiger partial charge in [0, 0.05) is 0 Å². The van der Waals surface area contributed by atoms with Crippen molar-refractivity contribution in [2.75, 3.05) is 0 Å². The van der Waals surface area contributed by atoms with Gasteiger partial charge in [-0.15, -0.1) is 0 Å². The van der Waals surface area contributed by atoms with Crippen molar-refractivity contribution in [2.45, 2.75) is 0 Å². The molecule has 0 atom stereocenters. The minimum atomic E-state index is -4.64. The van der Waals surface area contributed by atoms with Crippen LogP contribution in [0.1, 0.15) is 0 Å². The van der Waals surface area contributed by atoms with Crippen molar-refractivity contribution in [3.05, 3.63) is 0 Å². The zero-order valence-corrected chi connectivity index (χ0v) is 12.4. The van der Waals surface area contributed by atoms with Crippen LogP contribution in [0.2, 0.25) is 0 Å². The van der Waals surface area contributed by atoms with Gasteiger partial charge in [-0.3, -0.25) is 0 Å². The van der Waals surface area contributed by atoms with Crippen LogP contribution in [0.25, 0.3) is 0 Å². The first-order valence-corrected chi connectivity index (χ1v) is 9.39. The molecule has 16 nitrogen and oxygen atoms in total. The van der Waals surface area contributed by atoms with Crippen LogP contribution < -0.4 is 0 Å². The van der Waals surface area contributed by atoms with Crippen LogP contribution in [0.3, 0.4) is 0 Å². The summed E-state index contributed by atoms with van der Waals surface area (Å²) in [5.74, 6) is 0. The monoisotopic (exact) mass is 632 g/mol. The molecule has 0 saturated carbocycles. The number of hydrogen-bond acceptors (Lipinski definition) is 4. The molecule has 0 rings (SSSR count). The Bertz CT molecular complexity index is 299. The Morgan fingerprint density at radius 3 is 0.269 bits per heavy atom. The first-order valence-electron chi connectivity index (χ1n) is 3.13. The normalized spacial score (nSPS) is 9.08. The molecule has 26 heavy (non-hydrogen) atoms. The minimum absolute atomic E-state index is 0. The van der Waals surface area contributed by atoms with Gasteiger partial charge in [0.15, 0.2) is 0 Å². The summed E-state index contributed by atoms with van der Waals surface area (Å²) in [5.41, 5.74) is 0. The molecule has 0 amide bonds. The Morgan fingerprint density at radius 2 is 0.269 bits per heavy atom. The van der Waals surface area contributed by atoms with Crippen molar-refractivity contribution in [2.24, 2.45) is 0 Å². The molecule has 0 heterocycles. The van der Waals surface area contributed by atoms with E-state index in [1.165, 1.54) is 0 Å². The van der Waals surface area contributed by atoms with Crippen molar-refractivity contribution in [3.8, 4) is 0 Å². The molecule has 0 aliphatic carbocycles. The molecular formula is H18K6O16P4. The maximum absolute atomic E-state index is 8.88. The van der Waals surface area contributed by atoms with Gasteiger partial charge in [-0.2, -0.15) is 0 Å². The summed E-state index contributed by atoms with van der Waals surface area (Å²) in [4.78, 5) is 86.2. The van der Waals surface area contributed by atoms with E-state index in [9.17, 15) is 0 Å². The predicted molar refractivity (Wildman–Crippen MR) is 99.9 cm³/mol. The van der Waals surface area contributed by atoms with E-state index in [-0.39, 0.29) is 308 Å². The van der Waals surface area contributed by atoms with Crippen molar-refractivity contribution < 1.29 is 77.0 Å². The van der Waals surface area contributed by atoms with Crippen LogP contribution in [-0.2, 0) is 18.3 Å². The summed E-state index contributed by atoms with van der Waals surface area (Å²) in [6, 6.07) is 0. The van der Waals surface area contributed by atoms with E-state index in [1.807, 2.05) is 0 Å². The molecule has 0 aromatic rings. The Morgan fingerprint density at radius 1 is 0.269 bits per heavy atom. The molecule has 0 saturated heterocycles. The summed E-state index contributed by atoms with van der Waals surface area (Å²) >= 11 is 0. The summed E-state index contributed by atoms with van der Waals surface area (Å²) in [6.45, 7) is 0. The quantitative estimate of drug-likeness (QED) is 0.0871. The van der Waals surface area contributed by atoms with E-state index in [0.717, 1.165) is 0 Å². The fourth-order valence-corrected chi connectivity index (χ4v) is 0. The third-order valence-electron chi connectivity index (χ3n) is 0. The fourth-order valence-electron chi connectivity index (χ4n) is 0. The second-order valence-electron chi connectivity index (χ2n) is 2.05. The maximum atomic E-state index is 8.88. The molecule has 0 aromatic carbocycles. The Balaban J connectivity index is -0.0000000152. The van der Waals surface area contributed by atoms with Crippen LogP contribution in [-0.4, -0.2) is 367 Å². The molecule has 0 radical (unpaired) electrons. The van der Waals surface area contributed by atoms with Gasteiger partial charge in [-0.1, -0.05) is 0 Å². The van der Waals surface area contributed by atoms with Crippen LogP contribution >= 0.6 is 31.3 Å². The van der Waals surface area contributed by atoms with Gasteiger partial charge in [0.1, 0.15) is 0 Å². The van der Waals surface area contributed by atoms with E-state index in [0.29, 0.717) is 0 Å². The van der Waals surface area contributed by atoms with E-state index in [4.69, 9.17) is 77.0 Å². The Hall–Kier alpha value is 10.3. The van der Waals surface area contributed by atoms with Gasteiger partial charge in [-0.25, -0.2) is 18.3 Å². The molecule has 0 aliphatic rings. The van der Waals surface area contributed by atoms with Crippen molar-refractivity contribution in [3.63, 3.8) is 0 Å². The fraction of sp³-hybridized carbons (Fsp3) is 0. The predicted octanol–water partition coefficient (Wildman–Crippen LogP) is -7.61. The Labute approximate surface area is 403 Å². The number of phosphoric acid groups is 4. The van der Waals surface area contributed by atoms with Gasteiger partial charge in [-0.05, 0) is 0 Å². The van der Waals surface area contributed by atoms with Crippen LogP contribution in [0.15, 0.2) is 0 Å². The first kappa shape index (κ1) is 65.4. The molecular weight excluding hydrogens is 614 g/mol. The molecule has 140 valence electrons. The topological polar surface area (TPSA) is 311 Å². The zero-order valence-electron chi connectivity index (χ0n) is 8.79. The first-order chi connectivity index (χ1) is 8.00. The van der Waals surface area contributed by atoms with E-state index < -0.39 is 31.3 Å². The molecule has 0 unspecified atom stereocenters. The van der Waals surface area contributed by atoms with Crippen LogP contribution in [0.4, 0.5) is 0 Å². The molecule has 12 N–H and O–H groups in total. The average molecular weight is 633 g/mol. The van der Waals surface area contributed by atoms with E-state index in [2.05, 4.69) is 0 Å².